The van der Waals surface area contributed by atoms with Crippen LogP contribution in [0.2, 0.25) is 0 Å². The molecule has 2 fully saturated rings. The first-order chi connectivity index (χ1) is 17.2. The highest BCUT2D eigenvalue weighted by Gasteiger charge is 2.49. The molecule has 2 saturated carbocycles. The van der Waals surface area contributed by atoms with Crippen molar-refractivity contribution in [2.45, 2.75) is 103 Å². The highest BCUT2D eigenvalue weighted by atomic mass is 16.5. The normalized spacial score (nSPS) is 19.1. The molecule has 36 heavy (non-hydrogen) atoms. The van der Waals surface area contributed by atoms with Crippen LogP contribution >= 0.6 is 0 Å². The third kappa shape index (κ3) is 4.83. The lowest BCUT2D eigenvalue weighted by Crippen LogP contribution is -2.26. The summed E-state index contributed by atoms with van der Waals surface area (Å²) in [4.78, 5) is 13.2. The van der Waals surface area contributed by atoms with E-state index in [0.29, 0.717) is 24.4 Å². The van der Waals surface area contributed by atoms with Crippen molar-refractivity contribution in [3.8, 4) is 17.0 Å². The van der Waals surface area contributed by atoms with Gasteiger partial charge in [0.1, 0.15) is 5.75 Å². The standard InChI is InChI=1S/C31H45N3O2/c1-21-24(29(35)33-15-8-14-32)19-27(34(21)20-22-9-6-5-7-10-22)23-17-25(30(2,3)4)28-26(18-23)31(11-12-31)13-16-36-28/h17-19,22H,5-16,20,32H2,1-4H3,(H,33,35). The smallest absolute Gasteiger partial charge is 0.253 e. The summed E-state index contributed by atoms with van der Waals surface area (Å²) < 4.78 is 8.79. The molecule has 0 radical (unpaired) electrons. The molecule has 1 amide bonds. The van der Waals surface area contributed by atoms with Crippen molar-refractivity contribution in [3.05, 3.63) is 40.6 Å². The van der Waals surface area contributed by atoms with Gasteiger partial charge in [-0.15, -0.1) is 0 Å². The average Bonchev–Trinajstić information content (AvgIpc) is 3.55. The van der Waals surface area contributed by atoms with E-state index in [0.717, 1.165) is 43.0 Å². The number of carbonyl (C=O) groups excluding carboxylic acids is 1. The molecule has 0 saturated heterocycles. The van der Waals surface area contributed by atoms with Gasteiger partial charge in [-0.25, -0.2) is 0 Å². The molecule has 5 rings (SSSR count). The molecule has 0 bridgehead atoms. The van der Waals surface area contributed by atoms with Crippen LogP contribution in [0.25, 0.3) is 11.3 Å². The first kappa shape index (κ1) is 25.4. The van der Waals surface area contributed by atoms with Crippen LogP contribution in [-0.2, 0) is 17.4 Å². The summed E-state index contributed by atoms with van der Waals surface area (Å²) >= 11 is 0. The van der Waals surface area contributed by atoms with E-state index >= 15 is 0 Å². The van der Waals surface area contributed by atoms with Gasteiger partial charge >= 0.3 is 0 Å². The Balaban J connectivity index is 1.62. The van der Waals surface area contributed by atoms with Gasteiger partial charge in [0.25, 0.3) is 5.91 Å². The van der Waals surface area contributed by atoms with Crippen molar-refractivity contribution >= 4 is 5.91 Å². The van der Waals surface area contributed by atoms with Crippen LogP contribution in [0.15, 0.2) is 18.2 Å². The van der Waals surface area contributed by atoms with Crippen LogP contribution in [-0.4, -0.2) is 30.2 Å². The highest BCUT2D eigenvalue weighted by molar-refractivity contribution is 5.97. The maximum atomic E-state index is 13.2. The molecule has 2 heterocycles. The summed E-state index contributed by atoms with van der Waals surface area (Å²) in [5, 5.41) is 3.09. The Labute approximate surface area is 217 Å². The topological polar surface area (TPSA) is 69.3 Å². The fourth-order valence-corrected chi connectivity index (χ4v) is 6.41. The van der Waals surface area contributed by atoms with Crippen LogP contribution < -0.4 is 15.8 Å². The number of nitrogens with zero attached hydrogens (tertiary/aromatic N) is 1. The van der Waals surface area contributed by atoms with Gasteiger partial charge in [-0.05, 0) is 87.1 Å². The van der Waals surface area contributed by atoms with Crippen molar-refractivity contribution in [1.29, 1.82) is 0 Å². The Morgan fingerprint density at radius 1 is 1.14 bits per heavy atom. The summed E-state index contributed by atoms with van der Waals surface area (Å²) in [5.41, 5.74) is 12.9. The van der Waals surface area contributed by atoms with Gasteiger partial charge in [-0.1, -0.05) is 40.0 Å². The number of hydrogen-bond acceptors (Lipinski definition) is 3. The van der Waals surface area contributed by atoms with E-state index < -0.39 is 0 Å². The second-order valence-electron chi connectivity index (χ2n) is 12.6. The van der Waals surface area contributed by atoms with Gasteiger partial charge in [-0.2, -0.15) is 0 Å². The fraction of sp³-hybridized carbons (Fsp3) is 0.645. The minimum absolute atomic E-state index is 0.0144. The molecule has 3 aliphatic rings. The van der Waals surface area contributed by atoms with Crippen LogP contribution in [0.5, 0.6) is 5.75 Å². The van der Waals surface area contributed by atoms with Gasteiger partial charge in [-0.3, -0.25) is 4.79 Å². The number of nitrogens with two attached hydrogens (primary N) is 1. The molecule has 1 aliphatic heterocycles. The van der Waals surface area contributed by atoms with E-state index in [-0.39, 0.29) is 11.3 Å². The lowest BCUT2D eigenvalue weighted by atomic mass is 9.79. The van der Waals surface area contributed by atoms with E-state index in [2.05, 4.69) is 55.8 Å². The largest absolute Gasteiger partial charge is 0.493 e. The zero-order valence-corrected chi connectivity index (χ0v) is 22.8. The van der Waals surface area contributed by atoms with Crippen LogP contribution in [0.1, 0.15) is 106 Å². The maximum absolute atomic E-state index is 13.2. The van der Waals surface area contributed by atoms with E-state index in [1.807, 2.05) is 0 Å². The number of fused-ring (bicyclic) bond motifs is 2. The summed E-state index contributed by atoms with van der Waals surface area (Å²) in [6.45, 7) is 12.0. The number of carbonyl (C=O) groups is 1. The summed E-state index contributed by atoms with van der Waals surface area (Å²) in [7, 11) is 0. The number of hydrogen-bond donors (Lipinski definition) is 2. The second-order valence-corrected chi connectivity index (χ2v) is 12.6. The maximum Gasteiger partial charge on any atom is 0.253 e. The van der Waals surface area contributed by atoms with Crippen LogP contribution in [0, 0.1) is 12.8 Å². The first-order valence-corrected chi connectivity index (χ1v) is 14.2. The van der Waals surface area contributed by atoms with Crippen molar-refractivity contribution in [1.82, 2.24) is 9.88 Å². The van der Waals surface area contributed by atoms with Gasteiger partial charge in [0.2, 0.25) is 0 Å². The van der Waals surface area contributed by atoms with E-state index in [4.69, 9.17) is 10.5 Å². The van der Waals surface area contributed by atoms with Crippen molar-refractivity contribution < 1.29 is 9.53 Å². The molecule has 1 aromatic heterocycles. The number of nitrogens with one attached hydrogen (secondary N) is 1. The van der Waals surface area contributed by atoms with E-state index in [1.165, 1.54) is 67.3 Å². The number of ether oxygens (including phenoxy) is 1. The minimum atomic E-state index is -0.0220. The average molecular weight is 492 g/mol. The number of rotatable bonds is 7. The van der Waals surface area contributed by atoms with Crippen molar-refractivity contribution in [2.75, 3.05) is 19.7 Å². The predicted molar refractivity (Wildman–Crippen MR) is 147 cm³/mol. The van der Waals surface area contributed by atoms with Crippen LogP contribution in [0.3, 0.4) is 0 Å². The predicted octanol–water partition coefficient (Wildman–Crippen LogP) is 6.23. The molecule has 2 aromatic rings. The molecule has 2 aliphatic carbocycles. The van der Waals surface area contributed by atoms with Gasteiger partial charge in [0, 0.05) is 41.0 Å². The van der Waals surface area contributed by atoms with Gasteiger partial charge < -0.3 is 20.4 Å². The highest BCUT2D eigenvalue weighted by Crippen LogP contribution is 2.58. The number of aromatic nitrogens is 1. The zero-order chi connectivity index (χ0) is 25.5. The molecule has 0 atom stereocenters. The Morgan fingerprint density at radius 2 is 1.89 bits per heavy atom. The molecular weight excluding hydrogens is 446 g/mol. The Bertz CT molecular complexity index is 1100. The SMILES string of the molecule is Cc1c(C(=O)NCCCN)cc(-c2cc(C(C)(C)C)c3c(c2)C2(CCO3)CC2)n1CC1CCCCC1. The monoisotopic (exact) mass is 491 g/mol. The molecule has 196 valence electrons. The Hall–Kier alpha value is -2.27. The molecular formula is C31H45N3O2. The minimum Gasteiger partial charge on any atom is -0.493 e. The summed E-state index contributed by atoms with van der Waals surface area (Å²) in [6, 6.07) is 6.90. The molecule has 1 aromatic carbocycles. The van der Waals surface area contributed by atoms with E-state index in [1.54, 1.807) is 0 Å². The molecule has 3 N–H and O–H groups in total. The molecule has 5 heteroatoms. The van der Waals surface area contributed by atoms with E-state index in [9.17, 15) is 4.79 Å². The second kappa shape index (κ2) is 9.89. The number of amides is 1. The third-order valence-corrected chi connectivity index (χ3v) is 8.89. The zero-order valence-electron chi connectivity index (χ0n) is 22.8. The lowest BCUT2D eigenvalue weighted by Gasteiger charge is -2.33. The van der Waals surface area contributed by atoms with Crippen molar-refractivity contribution in [3.63, 3.8) is 0 Å². The first-order valence-electron chi connectivity index (χ1n) is 14.2. The molecule has 1 spiro atoms. The lowest BCUT2D eigenvalue weighted by molar-refractivity contribution is 0.0952. The van der Waals surface area contributed by atoms with Gasteiger partial charge in [0.15, 0.2) is 0 Å². The Kier molecular flexibility index (Phi) is 6.97. The summed E-state index contributed by atoms with van der Waals surface area (Å²) in [5.74, 6) is 1.81. The number of benzene rings is 1. The molecule has 5 nitrogen and oxygen atoms in total. The van der Waals surface area contributed by atoms with Gasteiger partial charge in [0.05, 0.1) is 12.2 Å². The Morgan fingerprint density at radius 3 is 2.56 bits per heavy atom. The van der Waals surface area contributed by atoms with Crippen LogP contribution in [0.4, 0.5) is 0 Å². The fourth-order valence-electron chi connectivity index (χ4n) is 6.41. The van der Waals surface area contributed by atoms with Crippen molar-refractivity contribution in [2.24, 2.45) is 11.7 Å². The quantitative estimate of drug-likeness (QED) is 0.451. The summed E-state index contributed by atoms with van der Waals surface area (Å²) in [6.07, 6.45) is 11.0. The third-order valence-electron chi connectivity index (χ3n) is 8.89. The molecule has 0 unspecified atom stereocenters.